The molecule has 0 saturated heterocycles. The van der Waals surface area contributed by atoms with Crippen LogP contribution in [0.1, 0.15) is 13.8 Å². The number of Topliss-reactive ketones (excluding diaryl/α,β-unsaturated/α-hetero) is 1. The monoisotopic (exact) mass is 219 g/mol. The smallest absolute Gasteiger partial charge is 0.363 e. The minimum absolute atomic E-state index is 0.226. The molecule has 15 heavy (non-hydrogen) atoms. The quantitative estimate of drug-likeness (QED) is 0.674. The van der Waals surface area contributed by atoms with Crippen LogP contribution >= 0.6 is 0 Å². The predicted molar refractivity (Wildman–Crippen MR) is 50.1 cm³/mol. The van der Waals surface area contributed by atoms with Gasteiger partial charge in [0.1, 0.15) is 6.04 Å². The van der Waals surface area contributed by atoms with E-state index >= 15 is 0 Å². The predicted octanol–water partition coefficient (Wildman–Crippen LogP) is 2.28. The second kappa shape index (κ2) is 3.72. The molecule has 0 spiro atoms. The summed E-state index contributed by atoms with van der Waals surface area (Å²) in [6.45, 7) is 2.85. The third-order valence-corrected chi connectivity index (χ3v) is 2.50. The van der Waals surface area contributed by atoms with Crippen LogP contribution in [0.15, 0.2) is 23.4 Å². The molecule has 0 aliphatic carbocycles. The van der Waals surface area contributed by atoms with Crippen LogP contribution in [-0.2, 0) is 4.79 Å². The van der Waals surface area contributed by atoms with E-state index in [2.05, 4.69) is 0 Å². The first kappa shape index (κ1) is 11.8. The molecule has 1 aliphatic rings. The summed E-state index contributed by atoms with van der Waals surface area (Å²) in [5.74, 6) is -0.226. The summed E-state index contributed by atoms with van der Waals surface area (Å²) >= 11 is 0. The maximum Gasteiger partial charge on any atom is 0.412 e. The van der Waals surface area contributed by atoms with E-state index in [0.717, 1.165) is 11.0 Å². The molecule has 2 nitrogen and oxygen atoms in total. The number of rotatable bonds is 1. The molecule has 0 aromatic heterocycles. The molecule has 0 N–H and O–H groups in total. The van der Waals surface area contributed by atoms with Crippen molar-refractivity contribution in [3.05, 3.63) is 23.4 Å². The van der Waals surface area contributed by atoms with Gasteiger partial charge in [-0.25, -0.2) is 0 Å². The highest BCUT2D eigenvalue weighted by molar-refractivity contribution is 5.96. The molecule has 0 radical (unpaired) electrons. The largest absolute Gasteiger partial charge is 0.412 e. The van der Waals surface area contributed by atoms with Crippen molar-refractivity contribution in [2.24, 2.45) is 0 Å². The standard InChI is InChI=1S/C10H12F3NO/c1-6-8(7(2)15)4-5-9(14(6)3)10(11,12)13/h4-5,9H,1-3H3. The SMILES string of the molecule is CC(=O)C1=C(C)N(C)C(C(F)(F)F)C=C1. The van der Waals surface area contributed by atoms with Crippen molar-refractivity contribution in [3.8, 4) is 0 Å². The van der Waals surface area contributed by atoms with Crippen LogP contribution < -0.4 is 0 Å². The zero-order valence-electron chi connectivity index (χ0n) is 8.72. The van der Waals surface area contributed by atoms with Crippen molar-refractivity contribution in [1.29, 1.82) is 0 Å². The summed E-state index contributed by atoms with van der Waals surface area (Å²) < 4.78 is 37.5. The summed E-state index contributed by atoms with van der Waals surface area (Å²) in [6, 6.07) is -1.64. The summed E-state index contributed by atoms with van der Waals surface area (Å²) in [6.07, 6.45) is -2.06. The average Bonchev–Trinajstić information content (AvgIpc) is 2.06. The fraction of sp³-hybridized carbons (Fsp3) is 0.500. The van der Waals surface area contributed by atoms with E-state index in [1.807, 2.05) is 0 Å². The van der Waals surface area contributed by atoms with Gasteiger partial charge in [-0.05, 0) is 13.8 Å². The second-order valence-corrected chi connectivity index (χ2v) is 3.51. The lowest BCUT2D eigenvalue weighted by Gasteiger charge is -2.33. The molecule has 0 fully saturated rings. The van der Waals surface area contributed by atoms with Gasteiger partial charge in [0.2, 0.25) is 0 Å². The number of halogens is 3. The number of allylic oxidation sites excluding steroid dienone is 3. The lowest BCUT2D eigenvalue weighted by molar-refractivity contribution is -0.163. The zero-order chi connectivity index (χ0) is 11.8. The minimum atomic E-state index is -4.31. The second-order valence-electron chi connectivity index (χ2n) is 3.51. The fourth-order valence-electron chi connectivity index (χ4n) is 1.54. The minimum Gasteiger partial charge on any atom is -0.363 e. The van der Waals surface area contributed by atoms with E-state index in [1.54, 1.807) is 0 Å². The van der Waals surface area contributed by atoms with Crippen LogP contribution in [-0.4, -0.2) is 29.9 Å². The molecule has 5 heteroatoms. The van der Waals surface area contributed by atoms with E-state index in [0.29, 0.717) is 11.3 Å². The molecular formula is C10H12F3NO. The molecule has 1 rings (SSSR count). The number of carbonyl (C=O) groups excluding carboxylic acids is 1. The Balaban J connectivity index is 3.05. The van der Waals surface area contributed by atoms with Crippen LogP contribution in [0.2, 0.25) is 0 Å². The normalized spacial score (nSPS) is 22.3. The summed E-state index contributed by atoms with van der Waals surface area (Å²) in [4.78, 5) is 12.2. The van der Waals surface area contributed by atoms with E-state index in [-0.39, 0.29) is 5.78 Å². The Bertz CT molecular complexity index is 341. The average molecular weight is 219 g/mol. The van der Waals surface area contributed by atoms with Gasteiger partial charge in [0, 0.05) is 18.3 Å². The first-order valence-electron chi connectivity index (χ1n) is 4.44. The molecular weight excluding hydrogens is 207 g/mol. The third kappa shape index (κ3) is 2.22. The molecule has 1 heterocycles. The van der Waals surface area contributed by atoms with Crippen molar-refractivity contribution < 1.29 is 18.0 Å². The lowest BCUT2D eigenvalue weighted by Crippen LogP contribution is -2.43. The van der Waals surface area contributed by atoms with E-state index in [4.69, 9.17) is 0 Å². The summed E-state index contributed by atoms with van der Waals surface area (Å²) in [5.41, 5.74) is 0.685. The molecule has 0 bridgehead atoms. The Hall–Kier alpha value is -1.26. The first-order chi connectivity index (χ1) is 6.75. The van der Waals surface area contributed by atoms with E-state index < -0.39 is 12.2 Å². The molecule has 1 unspecified atom stereocenters. The van der Waals surface area contributed by atoms with Gasteiger partial charge in [-0.2, -0.15) is 13.2 Å². The Labute approximate surface area is 86.1 Å². The molecule has 0 aromatic carbocycles. The van der Waals surface area contributed by atoms with E-state index in [9.17, 15) is 18.0 Å². The topological polar surface area (TPSA) is 20.3 Å². The van der Waals surface area contributed by atoms with Crippen LogP contribution in [0.4, 0.5) is 13.2 Å². The third-order valence-electron chi connectivity index (χ3n) is 2.50. The molecule has 1 atom stereocenters. The molecule has 0 saturated carbocycles. The first-order valence-corrected chi connectivity index (χ1v) is 4.44. The zero-order valence-corrected chi connectivity index (χ0v) is 8.72. The number of nitrogens with zero attached hydrogens (tertiary/aromatic N) is 1. The van der Waals surface area contributed by atoms with E-state index in [1.165, 1.54) is 27.0 Å². The van der Waals surface area contributed by atoms with Gasteiger partial charge >= 0.3 is 6.18 Å². The lowest BCUT2D eigenvalue weighted by atomic mass is 10.0. The summed E-state index contributed by atoms with van der Waals surface area (Å²) in [5, 5.41) is 0. The number of ketones is 1. The Kier molecular flexibility index (Phi) is 2.93. The van der Waals surface area contributed by atoms with Gasteiger partial charge in [0.05, 0.1) is 0 Å². The van der Waals surface area contributed by atoms with Crippen molar-refractivity contribution in [2.45, 2.75) is 26.1 Å². The molecule has 84 valence electrons. The van der Waals surface area contributed by atoms with Crippen LogP contribution in [0.25, 0.3) is 0 Å². The van der Waals surface area contributed by atoms with Crippen molar-refractivity contribution in [1.82, 2.24) is 4.90 Å². The molecule has 0 aromatic rings. The van der Waals surface area contributed by atoms with Crippen LogP contribution in [0, 0.1) is 0 Å². The van der Waals surface area contributed by atoms with Crippen molar-refractivity contribution in [3.63, 3.8) is 0 Å². The van der Waals surface area contributed by atoms with Crippen LogP contribution in [0.5, 0.6) is 0 Å². The number of alkyl halides is 3. The number of hydrogen-bond acceptors (Lipinski definition) is 2. The molecule has 0 amide bonds. The highest BCUT2D eigenvalue weighted by Crippen LogP contribution is 2.31. The highest BCUT2D eigenvalue weighted by atomic mass is 19.4. The number of likely N-dealkylation sites (N-methyl/N-ethyl adjacent to an activating group) is 1. The molecule has 1 aliphatic heterocycles. The Morgan fingerprint density at radius 1 is 1.47 bits per heavy atom. The van der Waals surface area contributed by atoms with Gasteiger partial charge in [-0.15, -0.1) is 0 Å². The van der Waals surface area contributed by atoms with Crippen LogP contribution in [0.3, 0.4) is 0 Å². The van der Waals surface area contributed by atoms with Crippen molar-refractivity contribution in [2.75, 3.05) is 7.05 Å². The van der Waals surface area contributed by atoms with Gasteiger partial charge in [-0.3, -0.25) is 4.79 Å². The van der Waals surface area contributed by atoms with Gasteiger partial charge in [0.25, 0.3) is 0 Å². The van der Waals surface area contributed by atoms with Gasteiger partial charge < -0.3 is 4.90 Å². The van der Waals surface area contributed by atoms with Gasteiger partial charge in [-0.1, -0.05) is 12.2 Å². The Morgan fingerprint density at radius 2 is 2.00 bits per heavy atom. The maximum atomic E-state index is 12.5. The fourth-order valence-corrected chi connectivity index (χ4v) is 1.54. The van der Waals surface area contributed by atoms with Crippen molar-refractivity contribution >= 4 is 5.78 Å². The highest BCUT2D eigenvalue weighted by Gasteiger charge is 2.42. The number of carbonyl (C=O) groups is 1. The Morgan fingerprint density at radius 3 is 2.40 bits per heavy atom. The summed E-state index contributed by atoms with van der Waals surface area (Å²) in [7, 11) is 1.33. The maximum absolute atomic E-state index is 12.5. The van der Waals surface area contributed by atoms with Gasteiger partial charge in [0.15, 0.2) is 5.78 Å². The number of hydrogen-bond donors (Lipinski definition) is 0.